The van der Waals surface area contributed by atoms with Crippen LogP contribution >= 0.6 is 0 Å². The smallest absolute Gasteiger partial charge is 0.327 e. The zero-order valence-corrected chi connectivity index (χ0v) is 15.2. The Bertz CT molecular complexity index is 971. The summed E-state index contributed by atoms with van der Waals surface area (Å²) in [4.78, 5) is 21.5. The van der Waals surface area contributed by atoms with Crippen LogP contribution < -0.4 is 4.31 Å². The topological polar surface area (TPSA) is 118 Å². The average Bonchev–Trinajstić information content (AvgIpc) is 2.58. The summed E-state index contributed by atoms with van der Waals surface area (Å²) in [6, 6.07) is 8.05. The van der Waals surface area contributed by atoms with Crippen molar-refractivity contribution in [3.63, 3.8) is 0 Å². The Morgan fingerprint density at radius 3 is 2.38 bits per heavy atom. The number of hydrogen-bond donors (Lipinski definition) is 1. The molecule has 0 fully saturated rings. The normalized spacial score (nSPS) is 12.4. The van der Waals surface area contributed by atoms with Gasteiger partial charge in [0.1, 0.15) is 6.04 Å². The zero-order valence-electron chi connectivity index (χ0n) is 14.4. The first kappa shape index (κ1) is 19.4. The standard InChI is InChI=1S/C17H18N2O6S/c1-11-6-4-9-16(12(11)2)18(13(3)17(20)21)26(24,25)15-8-5-7-14(10-15)19(22)23/h4-10,13H,1-3H3,(H,20,21). The SMILES string of the molecule is Cc1cccc(N(C(C)C(=O)O)S(=O)(=O)c2cccc([N+](=O)[O-])c2)c1C. The number of non-ortho nitro benzene ring substituents is 1. The molecule has 0 amide bonds. The fraction of sp³-hybridized carbons (Fsp3) is 0.235. The van der Waals surface area contributed by atoms with Crippen LogP contribution in [0.3, 0.4) is 0 Å². The van der Waals surface area contributed by atoms with E-state index in [2.05, 4.69) is 0 Å². The minimum Gasteiger partial charge on any atom is -0.480 e. The van der Waals surface area contributed by atoms with Crippen molar-refractivity contribution in [2.75, 3.05) is 4.31 Å². The van der Waals surface area contributed by atoms with Crippen molar-refractivity contribution < 1.29 is 23.2 Å². The van der Waals surface area contributed by atoms with E-state index in [1.54, 1.807) is 26.0 Å². The first-order valence-electron chi connectivity index (χ1n) is 7.65. The molecule has 9 heteroatoms. The molecule has 1 N–H and O–H groups in total. The molecular formula is C17H18N2O6S. The predicted molar refractivity (Wildman–Crippen MR) is 95.8 cm³/mol. The lowest BCUT2D eigenvalue weighted by atomic mass is 10.1. The first-order valence-corrected chi connectivity index (χ1v) is 9.09. The molecule has 8 nitrogen and oxygen atoms in total. The second-order valence-electron chi connectivity index (χ2n) is 5.79. The quantitative estimate of drug-likeness (QED) is 0.610. The Kier molecular flexibility index (Phi) is 5.31. The number of rotatable bonds is 6. The molecule has 26 heavy (non-hydrogen) atoms. The highest BCUT2D eigenvalue weighted by molar-refractivity contribution is 7.93. The molecule has 0 aliphatic rings. The van der Waals surface area contributed by atoms with Gasteiger partial charge in [-0.2, -0.15) is 0 Å². The molecule has 0 aliphatic carbocycles. The molecule has 0 spiro atoms. The van der Waals surface area contributed by atoms with Gasteiger partial charge in [-0.1, -0.05) is 18.2 Å². The number of aryl methyl sites for hydroxylation is 1. The summed E-state index contributed by atoms with van der Waals surface area (Å²) >= 11 is 0. The maximum atomic E-state index is 13.2. The largest absolute Gasteiger partial charge is 0.480 e. The Balaban J connectivity index is 2.72. The van der Waals surface area contributed by atoms with E-state index in [0.29, 0.717) is 5.56 Å². The third-order valence-electron chi connectivity index (χ3n) is 4.11. The van der Waals surface area contributed by atoms with Gasteiger partial charge in [-0.15, -0.1) is 0 Å². The first-order chi connectivity index (χ1) is 12.1. The van der Waals surface area contributed by atoms with Gasteiger partial charge >= 0.3 is 5.97 Å². The van der Waals surface area contributed by atoms with Crippen LogP contribution in [0, 0.1) is 24.0 Å². The van der Waals surface area contributed by atoms with Gasteiger partial charge in [-0.25, -0.2) is 13.2 Å². The number of carboxylic acid groups (broad SMARTS) is 1. The molecule has 0 saturated carbocycles. The molecule has 2 rings (SSSR count). The highest BCUT2D eigenvalue weighted by Gasteiger charge is 2.35. The lowest BCUT2D eigenvalue weighted by Gasteiger charge is -2.29. The number of nitro benzene ring substituents is 1. The number of carboxylic acids is 1. The van der Waals surface area contributed by atoms with E-state index in [1.807, 2.05) is 0 Å². The molecule has 2 aromatic carbocycles. The van der Waals surface area contributed by atoms with Gasteiger partial charge in [0, 0.05) is 12.1 Å². The van der Waals surface area contributed by atoms with Crippen molar-refractivity contribution in [1.82, 2.24) is 0 Å². The Morgan fingerprint density at radius 2 is 1.81 bits per heavy atom. The summed E-state index contributed by atoms with van der Waals surface area (Å²) in [5, 5.41) is 20.4. The van der Waals surface area contributed by atoms with E-state index < -0.39 is 32.6 Å². The number of sulfonamides is 1. The second-order valence-corrected chi connectivity index (χ2v) is 7.60. The summed E-state index contributed by atoms with van der Waals surface area (Å²) in [7, 11) is -4.35. The third-order valence-corrected chi connectivity index (χ3v) is 5.99. The van der Waals surface area contributed by atoms with E-state index >= 15 is 0 Å². The summed E-state index contributed by atoms with van der Waals surface area (Å²) < 4.78 is 27.1. The molecule has 1 atom stereocenters. The summed E-state index contributed by atoms with van der Waals surface area (Å²) in [5.41, 5.74) is 1.22. The maximum absolute atomic E-state index is 13.2. The number of aliphatic carboxylic acids is 1. The summed E-state index contributed by atoms with van der Waals surface area (Å²) in [6.07, 6.45) is 0. The third kappa shape index (κ3) is 3.52. The molecule has 0 aliphatic heterocycles. The number of benzene rings is 2. The van der Waals surface area contributed by atoms with Crippen LogP contribution in [-0.2, 0) is 14.8 Å². The van der Waals surface area contributed by atoms with Gasteiger partial charge in [-0.3, -0.25) is 14.4 Å². The molecule has 138 valence electrons. The van der Waals surface area contributed by atoms with E-state index in [1.165, 1.54) is 31.2 Å². The molecule has 0 bridgehead atoms. The van der Waals surface area contributed by atoms with E-state index in [4.69, 9.17) is 0 Å². The predicted octanol–water partition coefficient (Wildman–Crippen LogP) is 2.88. The Morgan fingerprint density at radius 1 is 1.19 bits per heavy atom. The zero-order chi connectivity index (χ0) is 19.6. The van der Waals surface area contributed by atoms with Crippen molar-refractivity contribution in [3.05, 3.63) is 63.7 Å². The van der Waals surface area contributed by atoms with Crippen LogP contribution in [0.2, 0.25) is 0 Å². The van der Waals surface area contributed by atoms with Crippen LogP contribution in [0.1, 0.15) is 18.1 Å². The summed E-state index contributed by atoms with van der Waals surface area (Å²) in [5.74, 6) is -1.33. The minimum atomic E-state index is -4.35. The second kappa shape index (κ2) is 7.12. The monoisotopic (exact) mass is 378 g/mol. The minimum absolute atomic E-state index is 0.214. The lowest BCUT2D eigenvalue weighted by molar-refractivity contribution is -0.385. The molecule has 2 aromatic rings. The van der Waals surface area contributed by atoms with Gasteiger partial charge in [0.25, 0.3) is 15.7 Å². The lowest BCUT2D eigenvalue weighted by Crippen LogP contribution is -2.43. The Labute approximate surface area is 150 Å². The molecular weight excluding hydrogens is 360 g/mol. The van der Waals surface area contributed by atoms with Gasteiger partial charge < -0.3 is 5.11 Å². The van der Waals surface area contributed by atoms with Crippen LogP contribution in [-0.4, -0.2) is 30.5 Å². The number of nitro groups is 1. The fourth-order valence-electron chi connectivity index (χ4n) is 2.49. The molecule has 1 unspecified atom stereocenters. The molecule has 0 heterocycles. The van der Waals surface area contributed by atoms with Gasteiger partial charge in [-0.05, 0) is 44.0 Å². The summed E-state index contributed by atoms with van der Waals surface area (Å²) in [6.45, 7) is 4.72. The van der Waals surface area contributed by atoms with Gasteiger partial charge in [0.05, 0.1) is 15.5 Å². The van der Waals surface area contributed by atoms with Gasteiger partial charge in [0.2, 0.25) is 0 Å². The Hall–Kier alpha value is -2.94. The number of anilines is 1. The number of carbonyl (C=O) groups is 1. The van der Waals surface area contributed by atoms with Gasteiger partial charge in [0.15, 0.2) is 0 Å². The van der Waals surface area contributed by atoms with Crippen molar-refractivity contribution in [2.45, 2.75) is 31.7 Å². The van der Waals surface area contributed by atoms with Crippen molar-refractivity contribution in [2.24, 2.45) is 0 Å². The van der Waals surface area contributed by atoms with E-state index in [0.717, 1.165) is 15.9 Å². The fourth-order valence-corrected chi connectivity index (χ4v) is 4.20. The average molecular weight is 378 g/mol. The maximum Gasteiger partial charge on any atom is 0.327 e. The molecule has 0 radical (unpaired) electrons. The number of nitrogens with zero attached hydrogens (tertiary/aromatic N) is 2. The van der Waals surface area contributed by atoms with Crippen LogP contribution in [0.25, 0.3) is 0 Å². The molecule has 0 aromatic heterocycles. The van der Waals surface area contributed by atoms with Crippen LogP contribution in [0.15, 0.2) is 47.4 Å². The van der Waals surface area contributed by atoms with E-state index in [-0.39, 0.29) is 10.6 Å². The molecule has 0 saturated heterocycles. The van der Waals surface area contributed by atoms with Crippen LogP contribution in [0.5, 0.6) is 0 Å². The van der Waals surface area contributed by atoms with Crippen molar-refractivity contribution in [1.29, 1.82) is 0 Å². The highest BCUT2D eigenvalue weighted by Crippen LogP contribution is 2.31. The van der Waals surface area contributed by atoms with Crippen molar-refractivity contribution in [3.8, 4) is 0 Å². The van der Waals surface area contributed by atoms with Crippen molar-refractivity contribution >= 4 is 27.4 Å². The van der Waals surface area contributed by atoms with Crippen LogP contribution in [0.4, 0.5) is 11.4 Å². The highest BCUT2D eigenvalue weighted by atomic mass is 32.2. The number of hydrogen-bond acceptors (Lipinski definition) is 5. The van der Waals surface area contributed by atoms with E-state index in [9.17, 15) is 28.4 Å².